The van der Waals surface area contributed by atoms with Gasteiger partial charge >= 0.3 is 5.97 Å². The van der Waals surface area contributed by atoms with Gasteiger partial charge in [-0.15, -0.1) is 6.58 Å². The lowest BCUT2D eigenvalue weighted by Crippen LogP contribution is -2.30. The van der Waals surface area contributed by atoms with Crippen molar-refractivity contribution in [3.8, 4) is 0 Å². The topological polar surface area (TPSA) is 26.3 Å². The fraction of sp³-hybridized carbons (Fsp3) is 0.357. The summed E-state index contributed by atoms with van der Waals surface area (Å²) in [5, 5.41) is 0.298. The molecule has 0 bridgehead atoms. The third-order valence-electron chi connectivity index (χ3n) is 2.80. The number of ether oxygens (including phenoxy) is 1. The van der Waals surface area contributed by atoms with Gasteiger partial charge in [-0.25, -0.2) is 4.39 Å². The Balaban J connectivity index is 3.06. The molecule has 0 N–H and O–H groups in total. The van der Waals surface area contributed by atoms with E-state index >= 15 is 0 Å². The molecule has 1 unspecified atom stereocenters. The molecule has 0 amide bonds. The third kappa shape index (κ3) is 3.10. The molecule has 1 aromatic carbocycles. The number of rotatable bonds is 5. The van der Waals surface area contributed by atoms with Gasteiger partial charge in [0.1, 0.15) is 5.82 Å². The van der Waals surface area contributed by atoms with Crippen LogP contribution in [0.25, 0.3) is 0 Å². The van der Waals surface area contributed by atoms with Crippen LogP contribution in [0.3, 0.4) is 0 Å². The summed E-state index contributed by atoms with van der Waals surface area (Å²) in [7, 11) is 0. The van der Waals surface area contributed by atoms with Crippen molar-refractivity contribution >= 4 is 17.6 Å². The SMILES string of the molecule is C=CC(C)(Cc1c(F)cccc1Cl)C(=O)OCC. The molecule has 0 fully saturated rings. The molecule has 0 spiro atoms. The van der Waals surface area contributed by atoms with Crippen LogP contribution in [0.4, 0.5) is 4.39 Å². The zero-order valence-electron chi connectivity index (χ0n) is 10.5. The Labute approximate surface area is 111 Å². The van der Waals surface area contributed by atoms with Crippen LogP contribution in [-0.2, 0) is 16.0 Å². The minimum absolute atomic E-state index is 0.126. The van der Waals surface area contributed by atoms with Crippen molar-refractivity contribution in [2.24, 2.45) is 5.41 Å². The summed E-state index contributed by atoms with van der Waals surface area (Å²) in [6.45, 7) is 7.27. The van der Waals surface area contributed by atoms with E-state index in [0.29, 0.717) is 10.6 Å². The Kier molecular flexibility index (Phi) is 4.91. The van der Waals surface area contributed by atoms with Gasteiger partial charge in [-0.05, 0) is 32.4 Å². The van der Waals surface area contributed by atoms with Gasteiger partial charge in [-0.1, -0.05) is 23.7 Å². The summed E-state index contributed by atoms with van der Waals surface area (Å²) in [6, 6.07) is 4.43. The minimum Gasteiger partial charge on any atom is -0.465 e. The van der Waals surface area contributed by atoms with Crippen LogP contribution in [-0.4, -0.2) is 12.6 Å². The molecule has 0 saturated heterocycles. The van der Waals surface area contributed by atoms with Gasteiger partial charge in [0.2, 0.25) is 0 Å². The molecule has 1 atom stereocenters. The van der Waals surface area contributed by atoms with E-state index in [1.807, 2.05) is 0 Å². The first-order valence-corrected chi connectivity index (χ1v) is 6.06. The second kappa shape index (κ2) is 6.01. The van der Waals surface area contributed by atoms with E-state index < -0.39 is 17.2 Å². The molecule has 0 aliphatic rings. The standard InChI is InChI=1S/C14H16ClFO2/c1-4-14(3,13(17)18-5-2)9-10-11(15)7-6-8-12(10)16/h4,6-8H,1,5,9H2,2-3H3. The van der Waals surface area contributed by atoms with Crippen molar-refractivity contribution in [1.82, 2.24) is 0 Å². The second-order valence-corrected chi connectivity index (χ2v) is 4.63. The Bertz CT molecular complexity index is 439. The van der Waals surface area contributed by atoms with Crippen molar-refractivity contribution < 1.29 is 13.9 Å². The summed E-state index contributed by atoms with van der Waals surface area (Å²) in [6.07, 6.45) is 1.59. The van der Waals surface area contributed by atoms with E-state index in [4.69, 9.17) is 16.3 Å². The van der Waals surface area contributed by atoms with E-state index in [2.05, 4.69) is 6.58 Å². The second-order valence-electron chi connectivity index (χ2n) is 4.22. The Morgan fingerprint density at radius 1 is 1.61 bits per heavy atom. The van der Waals surface area contributed by atoms with Gasteiger partial charge in [0, 0.05) is 10.6 Å². The minimum atomic E-state index is -0.984. The first kappa shape index (κ1) is 14.7. The quantitative estimate of drug-likeness (QED) is 0.601. The number of carbonyl (C=O) groups is 1. The van der Waals surface area contributed by atoms with E-state index in [9.17, 15) is 9.18 Å². The molecule has 18 heavy (non-hydrogen) atoms. The van der Waals surface area contributed by atoms with Crippen LogP contribution >= 0.6 is 11.6 Å². The van der Waals surface area contributed by atoms with Crippen LogP contribution in [0.1, 0.15) is 19.4 Å². The summed E-state index contributed by atoms with van der Waals surface area (Å²) >= 11 is 5.95. The molecule has 0 heterocycles. The molecule has 0 aromatic heterocycles. The molecule has 4 heteroatoms. The van der Waals surface area contributed by atoms with Crippen LogP contribution in [0.5, 0.6) is 0 Å². The average Bonchev–Trinajstić information content (AvgIpc) is 2.34. The van der Waals surface area contributed by atoms with Crippen molar-refractivity contribution in [3.63, 3.8) is 0 Å². The van der Waals surface area contributed by atoms with Gasteiger partial charge in [0.05, 0.1) is 12.0 Å². The third-order valence-corrected chi connectivity index (χ3v) is 3.15. The number of esters is 1. The smallest absolute Gasteiger partial charge is 0.315 e. The van der Waals surface area contributed by atoms with E-state index in [0.717, 1.165) is 0 Å². The average molecular weight is 271 g/mol. The van der Waals surface area contributed by atoms with Gasteiger partial charge in [-0.2, -0.15) is 0 Å². The molecule has 0 aliphatic heterocycles. The lowest BCUT2D eigenvalue weighted by atomic mass is 9.83. The maximum Gasteiger partial charge on any atom is 0.315 e. The molecule has 0 saturated carbocycles. The van der Waals surface area contributed by atoms with Gasteiger partial charge < -0.3 is 4.74 Å². The summed E-state index contributed by atoms with van der Waals surface area (Å²) < 4.78 is 18.7. The molecule has 2 nitrogen and oxygen atoms in total. The maximum atomic E-state index is 13.7. The number of hydrogen-bond donors (Lipinski definition) is 0. The summed E-state index contributed by atoms with van der Waals surface area (Å²) in [4.78, 5) is 11.9. The largest absolute Gasteiger partial charge is 0.465 e. The molecule has 1 aromatic rings. The van der Waals surface area contributed by atoms with Crippen molar-refractivity contribution in [1.29, 1.82) is 0 Å². The van der Waals surface area contributed by atoms with Gasteiger partial charge in [-0.3, -0.25) is 4.79 Å². The van der Waals surface area contributed by atoms with Crippen molar-refractivity contribution in [2.75, 3.05) is 6.61 Å². The predicted molar refractivity (Wildman–Crippen MR) is 70.1 cm³/mol. The van der Waals surface area contributed by atoms with Crippen molar-refractivity contribution in [2.45, 2.75) is 20.3 Å². The van der Waals surface area contributed by atoms with Crippen LogP contribution in [0.15, 0.2) is 30.9 Å². The first-order valence-electron chi connectivity index (χ1n) is 5.68. The van der Waals surface area contributed by atoms with Gasteiger partial charge in [0.25, 0.3) is 0 Å². The fourth-order valence-electron chi connectivity index (χ4n) is 1.59. The van der Waals surface area contributed by atoms with Crippen LogP contribution in [0.2, 0.25) is 5.02 Å². The zero-order valence-corrected chi connectivity index (χ0v) is 11.3. The van der Waals surface area contributed by atoms with E-state index in [-0.39, 0.29) is 13.0 Å². The van der Waals surface area contributed by atoms with E-state index in [1.54, 1.807) is 19.9 Å². The summed E-state index contributed by atoms with van der Waals surface area (Å²) in [5.41, 5.74) is -0.684. The first-order chi connectivity index (χ1) is 8.44. The molecule has 0 radical (unpaired) electrons. The molecular weight excluding hydrogens is 255 g/mol. The lowest BCUT2D eigenvalue weighted by Gasteiger charge is -2.24. The molecular formula is C14H16ClFO2. The van der Waals surface area contributed by atoms with E-state index in [1.165, 1.54) is 18.2 Å². The highest BCUT2D eigenvalue weighted by atomic mass is 35.5. The number of carbonyl (C=O) groups excluding carboxylic acids is 1. The van der Waals surface area contributed by atoms with Crippen LogP contribution < -0.4 is 0 Å². The molecule has 0 aliphatic carbocycles. The Morgan fingerprint density at radius 2 is 2.28 bits per heavy atom. The van der Waals surface area contributed by atoms with Gasteiger partial charge in [0.15, 0.2) is 0 Å². The molecule has 1 rings (SSSR count). The predicted octanol–water partition coefficient (Wildman–Crippen LogP) is 3.78. The summed E-state index contributed by atoms with van der Waals surface area (Å²) in [5.74, 6) is -0.862. The highest BCUT2D eigenvalue weighted by molar-refractivity contribution is 6.31. The van der Waals surface area contributed by atoms with Crippen LogP contribution in [0, 0.1) is 11.2 Å². The number of halogens is 2. The lowest BCUT2D eigenvalue weighted by molar-refractivity contribution is -0.151. The highest BCUT2D eigenvalue weighted by Crippen LogP contribution is 2.30. The normalized spacial score (nSPS) is 13.8. The Hall–Kier alpha value is -1.35. The highest BCUT2D eigenvalue weighted by Gasteiger charge is 2.33. The number of hydrogen-bond acceptors (Lipinski definition) is 2. The Morgan fingerprint density at radius 3 is 2.78 bits per heavy atom. The number of benzene rings is 1. The molecule has 98 valence electrons. The zero-order chi connectivity index (χ0) is 13.8. The fourth-order valence-corrected chi connectivity index (χ4v) is 1.82. The van der Waals surface area contributed by atoms with Crippen molar-refractivity contribution in [3.05, 3.63) is 47.3 Å². The maximum absolute atomic E-state index is 13.7. The monoisotopic (exact) mass is 270 g/mol.